The predicted molar refractivity (Wildman–Crippen MR) is 124 cm³/mol. The molecule has 1 aliphatic rings. The second kappa shape index (κ2) is 11.3. The van der Waals surface area contributed by atoms with Crippen LogP contribution in [0.1, 0.15) is 18.9 Å². The second-order valence-electron chi connectivity index (χ2n) is 7.81. The van der Waals surface area contributed by atoms with Crippen LogP contribution >= 0.6 is 0 Å². The summed E-state index contributed by atoms with van der Waals surface area (Å²) in [7, 11) is 1.63. The van der Waals surface area contributed by atoms with Gasteiger partial charge in [0.15, 0.2) is 0 Å². The summed E-state index contributed by atoms with van der Waals surface area (Å²) in [5.74, 6) is 0.711. The third-order valence-corrected chi connectivity index (χ3v) is 5.37. The van der Waals surface area contributed by atoms with Crippen LogP contribution in [-0.4, -0.2) is 67.4 Å². The Balaban J connectivity index is 1.37. The summed E-state index contributed by atoms with van der Waals surface area (Å²) in [6.07, 6.45) is 1.17. The van der Waals surface area contributed by atoms with E-state index in [-0.39, 0.29) is 24.3 Å². The fourth-order valence-electron chi connectivity index (χ4n) is 3.60. The molecule has 8 nitrogen and oxygen atoms in total. The van der Waals surface area contributed by atoms with E-state index in [1.807, 2.05) is 34.1 Å². The number of aryl methyl sites for hydroxylation is 1. The monoisotopic (exact) mass is 438 g/mol. The van der Waals surface area contributed by atoms with Gasteiger partial charge in [-0.15, -0.1) is 0 Å². The van der Waals surface area contributed by atoms with E-state index < -0.39 is 0 Å². The summed E-state index contributed by atoms with van der Waals surface area (Å²) in [4.78, 5) is 39.9. The van der Waals surface area contributed by atoms with Crippen LogP contribution < -0.4 is 15.4 Å². The van der Waals surface area contributed by atoms with Gasteiger partial charge in [-0.2, -0.15) is 0 Å². The molecule has 0 radical (unpaired) electrons. The third-order valence-electron chi connectivity index (χ3n) is 5.37. The highest BCUT2D eigenvalue weighted by Gasteiger charge is 2.22. The Kier molecular flexibility index (Phi) is 8.21. The van der Waals surface area contributed by atoms with Gasteiger partial charge >= 0.3 is 0 Å². The SMILES string of the molecule is COc1ccc(CCC(=O)N2CCN(CC(=O)Nc3ccc(NC(C)=O)cc3)CC2)cc1. The fraction of sp³-hybridized carbons (Fsp3) is 0.375. The Bertz CT molecular complexity index is 920. The van der Waals surface area contributed by atoms with Crippen LogP contribution in [-0.2, 0) is 20.8 Å². The van der Waals surface area contributed by atoms with Crippen molar-refractivity contribution in [1.82, 2.24) is 9.80 Å². The van der Waals surface area contributed by atoms with Gasteiger partial charge in [-0.25, -0.2) is 0 Å². The fourth-order valence-corrected chi connectivity index (χ4v) is 3.60. The van der Waals surface area contributed by atoms with E-state index in [1.165, 1.54) is 6.92 Å². The van der Waals surface area contributed by atoms with E-state index in [2.05, 4.69) is 10.6 Å². The predicted octanol–water partition coefficient (Wildman–Crippen LogP) is 2.37. The Hall–Kier alpha value is -3.39. The van der Waals surface area contributed by atoms with Gasteiger partial charge in [-0.05, 0) is 48.4 Å². The highest BCUT2D eigenvalue weighted by atomic mass is 16.5. The molecule has 170 valence electrons. The van der Waals surface area contributed by atoms with Crippen molar-refractivity contribution >= 4 is 29.1 Å². The van der Waals surface area contributed by atoms with Crippen LogP contribution in [0.5, 0.6) is 5.75 Å². The molecule has 0 bridgehead atoms. The zero-order valence-electron chi connectivity index (χ0n) is 18.6. The average Bonchev–Trinajstić information content (AvgIpc) is 2.79. The highest BCUT2D eigenvalue weighted by molar-refractivity contribution is 5.93. The topological polar surface area (TPSA) is 91.0 Å². The molecular formula is C24H30N4O4. The van der Waals surface area contributed by atoms with Crippen molar-refractivity contribution in [1.29, 1.82) is 0 Å². The number of benzene rings is 2. The molecule has 0 atom stereocenters. The number of nitrogens with zero attached hydrogens (tertiary/aromatic N) is 2. The molecule has 3 rings (SSSR count). The molecule has 1 saturated heterocycles. The number of carbonyl (C=O) groups excluding carboxylic acids is 3. The van der Waals surface area contributed by atoms with Gasteiger partial charge in [0.2, 0.25) is 17.7 Å². The molecule has 32 heavy (non-hydrogen) atoms. The van der Waals surface area contributed by atoms with E-state index in [0.29, 0.717) is 50.4 Å². The molecule has 0 aromatic heterocycles. The van der Waals surface area contributed by atoms with Crippen molar-refractivity contribution in [3.05, 3.63) is 54.1 Å². The number of nitrogens with one attached hydrogen (secondary N) is 2. The minimum absolute atomic E-state index is 0.100. The summed E-state index contributed by atoms with van der Waals surface area (Å²) in [5.41, 5.74) is 2.47. The summed E-state index contributed by atoms with van der Waals surface area (Å²) in [5, 5.41) is 5.56. The van der Waals surface area contributed by atoms with Crippen molar-refractivity contribution < 1.29 is 19.1 Å². The number of piperazine rings is 1. The largest absolute Gasteiger partial charge is 0.497 e. The molecule has 8 heteroatoms. The first-order valence-electron chi connectivity index (χ1n) is 10.7. The lowest BCUT2D eigenvalue weighted by molar-refractivity contribution is -0.133. The Morgan fingerprint density at radius 2 is 1.47 bits per heavy atom. The molecule has 3 amide bonds. The van der Waals surface area contributed by atoms with Crippen LogP contribution in [0.15, 0.2) is 48.5 Å². The van der Waals surface area contributed by atoms with Gasteiger partial charge in [-0.3, -0.25) is 19.3 Å². The first-order valence-corrected chi connectivity index (χ1v) is 10.7. The minimum atomic E-state index is -0.139. The van der Waals surface area contributed by atoms with E-state index in [9.17, 15) is 14.4 Å². The Labute approximate surface area is 188 Å². The van der Waals surface area contributed by atoms with Crippen molar-refractivity contribution in [2.45, 2.75) is 19.8 Å². The number of ether oxygens (including phenoxy) is 1. The van der Waals surface area contributed by atoms with Crippen LogP contribution in [0.2, 0.25) is 0 Å². The first-order chi connectivity index (χ1) is 15.4. The second-order valence-corrected chi connectivity index (χ2v) is 7.81. The molecule has 0 saturated carbocycles. The van der Waals surface area contributed by atoms with Gasteiger partial charge in [0, 0.05) is 50.9 Å². The Morgan fingerprint density at radius 3 is 2.03 bits per heavy atom. The number of rotatable bonds is 8. The van der Waals surface area contributed by atoms with Gasteiger partial charge in [0.05, 0.1) is 13.7 Å². The molecule has 1 heterocycles. The summed E-state index contributed by atoms with van der Waals surface area (Å²) < 4.78 is 5.16. The van der Waals surface area contributed by atoms with Gasteiger partial charge < -0.3 is 20.3 Å². The summed E-state index contributed by atoms with van der Waals surface area (Å²) >= 11 is 0. The van der Waals surface area contributed by atoms with Crippen molar-refractivity contribution in [3.8, 4) is 5.75 Å². The maximum Gasteiger partial charge on any atom is 0.238 e. The van der Waals surface area contributed by atoms with E-state index in [0.717, 1.165) is 11.3 Å². The molecule has 2 N–H and O–H groups in total. The van der Waals surface area contributed by atoms with Crippen LogP contribution in [0.4, 0.5) is 11.4 Å². The highest BCUT2D eigenvalue weighted by Crippen LogP contribution is 2.15. The molecule has 1 fully saturated rings. The molecule has 0 unspecified atom stereocenters. The standard InChI is InChI=1S/C24H30N4O4/c1-18(29)25-20-6-8-21(9-7-20)26-23(30)17-27-13-15-28(16-14-27)24(31)12-5-19-3-10-22(32-2)11-4-19/h3-4,6-11H,5,12-17H2,1-2H3,(H,25,29)(H,26,30). The minimum Gasteiger partial charge on any atom is -0.497 e. The van der Waals surface area contributed by atoms with Crippen molar-refractivity contribution in [2.24, 2.45) is 0 Å². The lowest BCUT2D eigenvalue weighted by Crippen LogP contribution is -2.50. The summed E-state index contributed by atoms with van der Waals surface area (Å²) in [6.45, 7) is 4.32. The number of amides is 3. The van der Waals surface area contributed by atoms with E-state index >= 15 is 0 Å². The maximum atomic E-state index is 12.5. The van der Waals surface area contributed by atoms with Gasteiger partial charge in [-0.1, -0.05) is 12.1 Å². The molecule has 0 aliphatic carbocycles. The van der Waals surface area contributed by atoms with Crippen LogP contribution in [0.25, 0.3) is 0 Å². The van der Waals surface area contributed by atoms with E-state index in [1.54, 1.807) is 31.4 Å². The molecule has 2 aromatic carbocycles. The molecule has 1 aliphatic heterocycles. The first kappa shape index (κ1) is 23.3. The normalized spacial score (nSPS) is 14.0. The van der Waals surface area contributed by atoms with E-state index in [4.69, 9.17) is 4.74 Å². The quantitative estimate of drug-likeness (QED) is 0.660. The number of hydrogen-bond donors (Lipinski definition) is 2. The third kappa shape index (κ3) is 7.09. The molecule has 0 spiro atoms. The van der Waals surface area contributed by atoms with Crippen LogP contribution in [0.3, 0.4) is 0 Å². The van der Waals surface area contributed by atoms with Crippen molar-refractivity contribution in [3.63, 3.8) is 0 Å². The zero-order valence-corrected chi connectivity index (χ0v) is 18.6. The van der Waals surface area contributed by atoms with Crippen molar-refractivity contribution in [2.75, 3.05) is 50.5 Å². The van der Waals surface area contributed by atoms with Gasteiger partial charge in [0.25, 0.3) is 0 Å². The smallest absolute Gasteiger partial charge is 0.238 e. The number of hydrogen-bond acceptors (Lipinski definition) is 5. The number of methoxy groups -OCH3 is 1. The van der Waals surface area contributed by atoms with Crippen LogP contribution in [0, 0.1) is 0 Å². The zero-order chi connectivity index (χ0) is 22.9. The number of carbonyl (C=O) groups is 3. The average molecular weight is 439 g/mol. The lowest BCUT2D eigenvalue weighted by atomic mass is 10.1. The maximum absolute atomic E-state index is 12.5. The lowest BCUT2D eigenvalue weighted by Gasteiger charge is -2.34. The number of anilines is 2. The molecule has 2 aromatic rings. The van der Waals surface area contributed by atoms with Gasteiger partial charge in [0.1, 0.15) is 5.75 Å². The summed E-state index contributed by atoms with van der Waals surface area (Å²) in [6, 6.07) is 14.8. The molecular weight excluding hydrogens is 408 g/mol. The Morgan fingerprint density at radius 1 is 0.875 bits per heavy atom.